The molecule has 15 rings (SSSR count). The van der Waals surface area contributed by atoms with Gasteiger partial charge in [0, 0.05) is 43.7 Å². The fourth-order valence-electron chi connectivity index (χ4n) is 11.5. The van der Waals surface area contributed by atoms with Crippen LogP contribution in [0.25, 0.3) is 127 Å². The van der Waals surface area contributed by atoms with Crippen LogP contribution in [-0.4, -0.2) is 13.7 Å². The maximum Gasteiger partial charge on any atom is 0.147 e. The van der Waals surface area contributed by atoms with Crippen molar-refractivity contribution in [3.63, 3.8) is 0 Å². The van der Waals surface area contributed by atoms with Crippen LogP contribution in [0.1, 0.15) is 14.9 Å². The monoisotopic (exact) mass is 1010 g/mol. The van der Waals surface area contributed by atoms with E-state index in [1.165, 1.54) is 77.6 Å². The molecule has 0 unspecified atom stereocenters. The Morgan fingerprint density at radius 3 is 0.885 bits per heavy atom. The standard InChI is InChI=1S/C42H28N2.C30H20FN.2CH4/c1-3-14-29(15-4-1)31-26-32(30-16-5-2-6-17-30)28-33(27-31)43-38-22-10-9-20-36(38)37-21-13-25-41(42(37)43)44-39-23-11-7-18-34(39)35-19-8-12-24-40(35)44;31-28-16-9-15-27-26-14-7-8-17-29(26)32(30(27)28)25-19-23(21-10-3-1-4-11-21)18-24(20-25)22-12-5-2-6-13-22;;/h1-28H;1-20H;2*1H4. The lowest BCUT2D eigenvalue weighted by Crippen LogP contribution is -2.01. The van der Waals surface area contributed by atoms with Gasteiger partial charge in [0.25, 0.3) is 0 Å². The molecule has 0 saturated heterocycles. The molecule has 0 fully saturated rings. The fourth-order valence-corrected chi connectivity index (χ4v) is 11.5. The normalized spacial score (nSPS) is 11.2. The summed E-state index contributed by atoms with van der Waals surface area (Å²) in [6.45, 7) is 0. The van der Waals surface area contributed by atoms with Crippen molar-refractivity contribution < 1.29 is 4.39 Å². The van der Waals surface area contributed by atoms with E-state index in [0.717, 1.165) is 49.9 Å². The molecule has 374 valence electrons. The van der Waals surface area contributed by atoms with Crippen LogP contribution in [0.4, 0.5) is 4.39 Å². The van der Waals surface area contributed by atoms with E-state index in [2.05, 4.69) is 238 Å². The largest absolute Gasteiger partial charge is 0.307 e. The Morgan fingerprint density at radius 2 is 0.500 bits per heavy atom. The molecular weight excluding hydrogens is 950 g/mol. The molecule has 0 aliphatic rings. The highest BCUT2D eigenvalue weighted by atomic mass is 19.1. The minimum Gasteiger partial charge on any atom is -0.307 e. The summed E-state index contributed by atoms with van der Waals surface area (Å²) >= 11 is 0. The Kier molecular flexibility index (Phi) is 12.9. The van der Waals surface area contributed by atoms with Crippen LogP contribution >= 0.6 is 0 Å². The number of para-hydroxylation sites is 6. The molecule has 78 heavy (non-hydrogen) atoms. The number of halogens is 1. The highest BCUT2D eigenvalue weighted by molar-refractivity contribution is 6.15. The predicted octanol–water partition coefficient (Wildman–Crippen LogP) is 20.7. The average molecular weight is 1010 g/mol. The summed E-state index contributed by atoms with van der Waals surface area (Å²) in [5.74, 6) is -0.218. The highest BCUT2D eigenvalue weighted by Gasteiger charge is 2.21. The smallest absolute Gasteiger partial charge is 0.147 e. The molecule has 3 aromatic heterocycles. The van der Waals surface area contributed by atoms with Crippen molar-refractivity contribution in [3.8, 4) is 61.6 Å². The molecule has 0 spiro atoms. The maximum absolute atomic E-state index is 15.2. The van der Waals surface area contributed by atoms with E-state index in [0.29, 0.717) is 5.52 Å². The maximum atomic E-state index is 15.2. The van der Waals surface area contributed by atoms with E-state index in [4.69, 9.17) is 0 Å². The molecule has 0 bridgehead atoms. The Morgan fingerprint density at radius 1 is 0.218 bits per heavy atom. The Hall–Kier alpha value is -10.0. The molecule has 3 nitrogen and oxygen atoms in total. The third kappa shape index (κ3) is 8.41. The quantitative estimate of drug-likeness (QED) is 0.151. The number of benzene rings is 12. The number of hydrogen-bond acceptors (Lipinski definition) is 0. The van der Waals surface area contributed by atoms with Crippen LogP contribution in [0.5, 0.6) is 0 Å². The van der Waals surface area contributed by atoms with Crippen molar-refractivity contribution in [2.24, 2.45) is 0 Å². The number of rotatable bonds is 7. The molecule has 0 amide bonds. The van der Waals surface area contributed by atoms with Crippen LogP contribution < -0.4 is 0 Å². The van der Waals surface area contributed by atoms with E-state index in [1.54, 1.807) is 6.07 Å². The van der Waals surface area contributed by atoms with Crippen molar-refractivity contribution in [1.82, 2.24) is 13.7 Å². The number of aromatic nitrogens is 3. The third-order valence-electron chi connectivity index (χ3n) is 14.9. The summed E-state index contributed by atoms with van der Waals surface area (Å²) in [7, 11) is 0. The lowest BCUT2D eigenvalue weighted by Gasteiger charge is -2.17. The zero-order chi connectivity index (χ0) is 50.5. The molecule has 0 N–H and O–H groups in total. The summed E-state index contributed by atoms with van der Waals surface area (Å²) < 4.78 is 22.2. The van der Waals surface area contributed by atoms with Crippen LogP contribution in [0, 0.1) is 5.82 Å². The van der Waals surface area contributed by atoms with E-state index < -0.39 is 0 Å². The van der Waals surface area contributed by atoms with Gasteiger partial charge in [0.05, 0.1) is 38.8 Å². The topological polar surface area (TPSA) is 14.8 Å². The van der Waals surface area contributed by atoms with Gasteiger partial charge in [-0.2, -0.15) is 0 Å². The average Bonchev–Trinajstić information content (AvgIpc) is 4.37. The second-order valence-electron chi connectivity index (χ2n) is 19.4. The molecule has 0 radical (unpaired) electrons. The van der Waals surface area contributed by atoms with Gasteiger partial charge in [-0.05, 0) is 117 Å². The van der Waals surface area contributed by atoms with Crippen LogP contribution in [0.2, 0.25) is 0 Å². The van der Waals surface area contributed by atoms with Crippen molar-refractivity contribution in [2.75, 3.05) is 0 Å². The Bertz CT molecular complexity index is 4460. The predicted molar refractivity (Wildman–Crippen MR) is 331 cm³/mol. The van der Waals surface area contributed by atoms with Gasteiger partial charge in [-0.1, -0.05) is 233 Å². The lowest BCUT2D eigenvalue weighted by molar-refractivity contribution is 0.635. The van der Waals surface area contributed by atoms with Gasteiger partial charge in [-0.15, -0.1) is 0 Å². The molecule has 0 atom stereocenters. The molecule has 0 aliphatic carbocycles. The number of fused-ring (bicyclic) bond motifs is 9. The first-order valence-corrected chi connectivity index (χ1v) is 25.9. The first kappa shape index (κ1) is 48.9. The third-order valence-corrected chi connectivity index (χ3v) is 14.9. The molecule has 0 saturated carbocycles. The van der Waals surface area contributed by atoms with E-state index in [1.807, 2.05) is 54.6 Å². The molecule has 15 aromatic rings. The van der Waals surface area contributed by atoms with E-state index in [9.17, 15) is 0 Å². The summed E-state index contributed by atoms with van der Waals surface area (Å²) in [6, 6.07) is 102. The van der Waals surface area contributed by atoms with Gasteiger partial charge < -0.3 is 13.7 Å². The first-order chi connectivity index (χ1) is 37.6. The summed E-state index contributed by atoms with van der Waals surface area (Å²) in [5, 5.41) is 6.99. The highest BCUT2D eigenvalue weighted by Crippen LogP contribution is 2.42. The van der Waals surface area contributed by atoms with Crippen LogP contribution in [0.15, 0.2) is 291 Å². The minimum atomic E-state index is -0.218. The first-order valence-electron chi connectivity index (χ1n) is 25.9. The molecule has 12 aromatic carbocycles. The summed E-state index contributed by atoms with van der Waals surface area (Å²) in [4.78, 5) is 0. The van der Waals surface area contributed by atoms with Gasteiger partial charge in [0.15, 0.2) is 0 Å². The van der Waals surface area contributed by atoms with Gasteiger partial charge in [0.1, 0.15) is 5.82 Å². The van der Waals surface area contributed by atoms with Gasteiger partial charge in [-0.25, -0.2) is 4.39 Å². The second kappa shape index (κ2) is 20.6. The Labute approximate surface area is 454 Å². The number of nitrogens with zero attached hydrogens (tertiary/aromatic N) is 3. The lowest BCUT2D eigenvalue weighted by atomic mass is 9.98. The molecule has 0 aliphatic heterocycles. The summed E-state index contributed by atoms with van der Waals surface area (Å²) in [6.07, 6.45) is 0. The van der Waals surface area contributed by atoms with Crippen LogP contribution in [0.3, 0.4) is 0 Å². The van der Waals surface area contributed by atoms with E-state index in [-0.39, 0.29) is 20.7 Å². The van der Waals surface area contributed by atoms with Crippen LogP contribution in [-0.2, 0) is 0 Å². The molecule has 4 heteroatoms. The zero-order valence-electron chi connectivity index (χ0n) is 41.4. The van der Waals surface area contributed by atoms with Crippen molar-refractivity contribution >= 4 is 65.4 Å². The van der Waals surface area contributed by atoms with E-state index >= 15 is 4.39 Å². The molecule has 3 heterocycles. The van der Waals surface area contributed by atoms with Crippen molar-refractivity contribution in [2.45, 2.75) is 14.9 Å². The Balaban J connectivity index is 0.000000160. The van der Waals surface area contributed by atoms with Crippen molar-refractivity contribution in [1.29, 1.82) is 0 Å². The fraction of sp³-hybridized carbons (Fsp3) is 0.0270. The summed E-state index contributed by atoms with van der Waals surface area (Å²) in [5.41, 5.74) is 18.9. The SMILES string of the molecule is C.C.Fc1cccc2c3ccccc3n(-c3cc(-c4ccccc4)cc(-c4ccccc4)c3)c12.c1ccc(-c2cc(-c3ccccc3)cc(-n3c4ccccc4c4cccc(-n5c6ccccc6c6ccccc65)c43)c2)cc1. The zero-order valence-corrected chi connectivity index (χ0v) is 41.4. The van der Waals surface area contributed by atoms with Gasteiger partial charge in [-0.3, -0.25) is 0 Å². The van der Waals surface area contributed by atoms with Gasteiger partial charge in [0.2, 0.25) is 0 Å². The molecular formula is C74H56FN3. The minimum absolute atomic E-state index is 0. The van der Waals surface area contributed by atoms with Gasteiger partial charge >= 0.3 is 0 Å². The van der Waals surface area contributed by atoms with Crippen molar-refractivity contribution in [3.05, 3.63) is 297 Å². The number of hydrogen-bond donors (Lipinski definition) is 0. The second-order valence-corrected chi connectivity index (χ2v) is 19.4.